The van der Waals surface area contributed by atoms with Gasteiger partial charge >= 0.3 is 0 Å². The Kier molecular flexibility index (Phi) is 2.56. The fraction of sp³-hybridized carbons (Fsp3) is 0. The number of carbonyl (C=O) groups is 1. The molecule has 0 unspecified atom stereocenters. The van der Waals surface area contributed by atoms with Gasteiger partial charge in [-0.3, -0.25) is 9.78 Å². The summed E-state index contributed by atoms with van der Waals surface area (Å²) >= 11 is 0. The molecule has 3 rings (SSSR count). The largest absolute Gasteiger partial charge is 0.288 e. The highest BCUT2D eigenvalue weighted by molar-refractivity contribution is 6.12. The minimum atomic E-state index is -0.794. The van der Waals surface area contributed by atoms with E-state index >= 15 is 0 Å². The summed E-state index contributed by atoms with van der Waals surface area (Å²) in [6.07, 6.45) is 5.92. The second-order valence-electron chi connectivity index (χ2n) is 3.95. The van der Waals surface area contributed by atoms with E-state index < -0.39 is 17.4 Å². The van der Waals surface area contributed by atoms with Crippen molar-refractivity contribution in [2.24, 2.45) is 0 Å². The lowest BCUT2D eigenvalue weighted by Gasteiger charge is -2.00. The van der Waals surface area contributed by atoms with E-state index in [0.717, 1.165) is 12.1 Å². The Morgan fingerprint density at radius 1 is 1.11 bits per heavy atom. The Bertz CT molecular complexity index is 762. The molecule has 0 saturated heterocycles. The molecule has 94 valence electrons. The highest BCUT2D eigenvalue weighted by Crippen LogP contribution is 2.16. The van der Waals surface area contributed by atoms with Gasteiger partial charge in [0.2, 0.25) is 0 Å². The lowest BCUT2D eigenvalue weighted by atomic mass is 10.0. The third-order valence-electron chi connectivity index (χ3n) is 2.69. The first-order chi connectivity index (χ1) is 9.15. The monoisotopic (exact) mass is 259 g/mol. The summed E-state index contributed by atoms with van der Waals surface area (Å²) in [5, 5.41) is 3.98. The Hall–Kier alpha value is -2.63. The molecule has 0 N–H and O–H groups in total. The SMILES string of the molecule is O=C(c1cc(F)cc(F)c1)c1cnn2ccncc12. The number of halogens is 2. The number of hydrogen-bond donors (Lipinski definition) is 0. The van der Waals surface area contributed by atoms with Crippen molar-refractivity contribution in [1.29, 1.82) is 0 Å². The van der Waals surface area contributed by atoms with Crippen LogP contribution in [0.25, 0.3) is 5.52 Å². The fourth-order valence-electron chi connectivity index (χ4n) is 1.85. The minimum absolute atomic E-state index is 0.0590. The first-order valence-corrected chi connectivity index (χ1v) is 5.43. The van der Waals surface area contributed by atoms with Crippen LogP contribution in [0.3, 0.4) is 0 Å². The number of carbonyl (C=O) groups excluding carboxylic acids is 1. The van der Waals surface area contributed by atoms with E-state index in [1.165, 1.54) is 23.1 Å². The van der Waals surface area contributed by atoms with Crippen molar-refractivity contribution < 1.29 is 13.6 Å². The lowest BCUT2D eigenvalue weighted by Crippen LogP contribution is -2.02. The molecule has 0 bridgehead atoms. The standard InChI is InChI=1S/C13H7F2N3O/c14-9-3-8(4-10(15)5-9)13(19)11-6-17-18-2-1-16-7-12(11)18/h1-7H. The minimum Gasteiger partial charge on any atom is -0.288 e. The van der Waals surface area contributed by atoms with Crippen molar-refractivity contribution in [3.05, 3.63) is 65.7 Å². The molecule has 3 aromatic rings. The maximum Gasteiger partial charge on any atom is 0.197 e. The van der Waals surface area contributed by atoms with E-state index in [-0.39, 0.29) is 11.1 Å². The van der Waals surface area contributed by atoms with Gasteiger partial charge in [0.05, 0.1) is 23.5 Å². The normalized spacial score (nSPS) is 10.8. The zero-order valence-electron chi connectivity index (χ0n) is 9.55. The van der Waals surface area contributed by atoms with E-state index in [1.54, 1.807) is 6.20 Å². The van der Waals surface area contributed by atoms with Gasteiger partial charge in [0, 0.05) is 24.0 Å². The zero-order chi connectivity index (χ0) is 13.4. The van der Waals surface area contributed by atoms with Crippen LogP contribution in [0.2, 0.25) is 0 Å². The summed E-state index contributed by atoms with van der Waals surface area (Å²) in [5.41, 5.74) is 0.673. The Morgan fingerprint density at radius 3 is 2.58 bits per heavy atom. The molecule has 0 amide bonds. The smallest absolute Gasteiger partial charge is 0.197 e. The van der Waals surface area contributed by atoms with Gasteiger partial charge in [0.1, 0.15) is 11.6 Å². The quantitative estimate of drug-likeness (QED) is 0.663. The number of hydrogen-bond acceptors (Lipinski definition) is 3. The van der Waals surface area contributed by atoms with Crippen LogP contribution in [-0.4, -0.2) is 20.4 Å². The highest BCUT2D eigenvalue weighted by atomic mass is 19.1. The van der Waals surface area contributed by atoms with Gasteiger partial charge in [-0.15, -0.1) is 0 Å². The van der Waals surface area contributed by atoms with E-state index in [4.69, 9.17) is 0 Å². The Labute approximate surface area is 106 Å². The molecule has 2 heterocycles. The first kappa shape index (κ1) is 11.5. The average molecular weight is 259 g/mol. The van der Waals surface area contributed by atoms with Crippen LogP contribution in [0.5, 0.6) is 0 Å². The zero-order valence-corrected chi connectivity index (χ0v) is 9.55. The highest BCUT2D eigenvalue weighted by Gasteiger charge is 2.16. The van der Waals surface area contributed by atoms with Crippen molar-refractivity contribution in [1.82, 2.24) is 14.6 Å². The summed E-state index contributed by atoms with van der Waals surface area (Å²) in [7, 11) is 0. The summed E-state index contributed by atoms with van der Waals surface area (Å²) in [6.45, 7) is 0. The van der Waals surface area contributed by atoms with Crippen LogP contribution < -0.4 is 0 Å². The number of rotatable bonds is 2. The van der Waals surface area contributed by atoms with Crippen molar-refractivity contribution in [3.63, 3.8) is 0 Å². The number of ketones is 1. The maximum absolute atomic E-state index is 13.1. The third kappa shape index (κ3) is 1.97. The summed E-state index contributed by atoms with van der Waals surface area (Å²) in [5.74, 6) is -2.09. The maximum atomic E-state index is 13.1. The molecule has 0 aliphatic heterocycles. The van der Waals surface area contributed by atoms with Gasteiger partial charge in [0.25, 0.3) is 0 Å². The van der Waals surface area contributed by atoms with E-state index in [9.17, 15) is 13.6 Å². The topological polar surface area (TPSA) is 47.3 Å². The van der Waals surface area contributed by atoms with Gasteiger partial charge in [0.15, 0.2) is 5.78 Å². The second-order valence-corrected chi connectivity index (χ2v) is 3.95. The molecular weight excluding hydrogens is 252 g/mol. The molecule has 1 aromatic carbocycles. The Balaban J connectivity index is 2.13. The predicted octanol–water partition coefficient (Wildman–Crippen LogP) is 2.24. The molecule has 6 heteroatoms. The molecule has 0 fully saturated rings. The molecule has 4 nitrogen and oxygen atoms in total. The average Bonchev–Trinajstić information content (AvgIpc) is 2.80. The van der Waals surface area contributed by atoms with Gasteiger partial charge in [-0.1, -0.05) is 0 Å². The van der Waals surface area contributed by atoms with Crippen LogP contribution in [0.4, 0.5) is 8.78 Å². The molecule has 0 saturated carbocycles. The van der Waals surface area contributed by atoms with Gasteiger partial charge in [-0.25, -0.2) is 13.3 Å². The molecule has 19 heavy (non-hydrogen) atoms. The van der Waals surface area contributed by atoms with Crippen molar-refractivity contribution in [2.45, 2.75) is 0 Å². The van der Waals surface area contributed by atoms with Crippen LogP contribution in [0.15, 0.2) is 43.0 Å². The van der Waals surface area contributed by atoms with Crippen molar-refractivity contribution in [2.75, 3.05) is 0 Å². The van der Waals surface area contributed by atoms with Crippen molar-refractivity contribution in [3.8, 4) is 0 Å². The second kappa shape index (κ2) is 4.24. The van der Waals surface area contributed by atoms with E-state index in [2.05, 4.69) is 10.1 Å². The Morgan fingerprint density at radius 2 is 1.84 bits per heavy atom. The molecule has 0 radical (unpaired) electrons. The lowest BCUT2D eigenvalue weighted by molar-refractivity contribution is 0.103. The van der Waals surface area contributed by atoms with E-state index in [1.807, 2.05) is 0 Å². The fourth-order valence-corrected chi connectivity index (χ4v) is 1.85. The molecule has 0 spiro atoms. The van der Waals surface area contributed by atoms with Gasteiger partial charge in [-0.05, 0) is 12.1 Å². The van der Waals surface area contributed by atoms with E-state index in [0.29, 0.717) is 11.6 Å². The van der Waals surface area contributed by atoms with Crippen LogP contribution in [-0.2, 0) is 0 Å². The third-order valence-corrected chi connectivity index (χ3v) is 2.69. The summed E-state index contributed by atoms with van der Waals surface area (Å²) in [4.78, 5) is 16.1. The number of nitrogens with zero attached hydrogens (tertiary/aromatic N) is 3. The van der Waals surface area contributed by atoms with Gasteiger partial charge < -0.3 is 0 Å². The molecule has 0 aliphatic carbocycles. The van der Waals surface area contributed by atoms with Crippen LogP contribution in [0.1, 0.15) is 15.9 Å². The molecule has 0 atom stereocenters. The molecular formula is C13H7F2N3O. The number of aromatic nitrogens is 3. The number of fused-ring (bicyclic) bond motifs is 1. The number of benzene rings is 1. The predicted molar refractivity (Wildman–Crippen MR) is 62.8 cm³/mol. The molecule has 2 aromatic heterocycles. The van der Waals surface area contributed by atoms with Crippen LogP contribution >= 0.6 is 0 Å². The molecule has 0 aliphatic rings. The summed E-state index contributed by atoms with van der Waals surface area (Å²) < 4.78 is 27.7. The summed E-state index contributed by atoms with van der Waals surface area (Å²) in [6, 6.07) is 2.70. The van der Waals surface area contributed by atoms with Crippen molar-refractivity contribution >= 4 is 11.3 Å². The van der Waals surface area contributed by atoms with Crippen LogP contribution in [0, 0.1) is 11.6 Å². The first-order valence-electron chi connectivity index (χ1n) is 5.43. The van der Waals surface area contributed by atoms with Gasteiger partial charge in [-0.2, -0.15) is 5.10 Å².